The van der Waals surface area contributed by atoms with Crippen molar-refractivity contribution >= 4 is 6.03 Å². The molecule has 0 saturated carbocycles. The van der Waals surface area contributed by atoms with Crippen molar-refractivity contribution in [2.75, 3.05) is 39.8 Å². The third-order valence-electron chi connectivity index (χ3n) is 4.92. The van der Waals surface area contributed by atoms with Gasteiger partial charge in [0, 0.05) is 38.8 Å². The van der Waals surface area contributed by atoms with Gasteiger partial charge in [-0.3, -0.25) is 0 Å². The Bertz CT molecular complexity index is 494. The van der Waals surface area contributed by atoms with Crippen molar-refractivity contribution in [1.29, 1.82) is 0 Å². The summed E-state index contributed by atoms with van der Waals surface area (Å²) >= 11 is 0. The highest BCUT2D eigenvalue weighted by molar-refractivity contribution is 5.73. The molecular weight excluding hydrogens is 312 g/mol. The van der Waals surface area contributed by atoms with E-state index in [-0.39, 0.29) is 6.03 Å². The summed E-state index contributed by atoms with van der Waals surface area (Å²) in [7, 11) is 2.08. The Balaban J connectivity index is 1.49. The monoisotopic (exact) mass is 346 g/mol. The fourth-order valence-corrected chi connectivity index (χ4v) is 3.37. The van der Waals surface area contributed by atoms with Gasteiger partial charge < -0.3 is 20.4 Å². The molecule has 0 spiro atoms. The lowest BCUT2D eigenvalue weighted by Gasteiger charge is -2.33. The maximum absolute atomic E-state index is 11.8. The van der Waals surface area contributed by atoms with Crippen molar-refractivity contribution in [1.82, 2.24) is 20.4 Å². The van der Waals surface area contributed by atoms with E-state index in [2.05, 4.69) is 58.7 Å². The molecule has 1 atom stereocenters. The van der Waals surface area contributed by atoms with Gasteiger partial charge in [-0.1, -0.05) is 36.8 Å². The summed E-state index contributed by atoms with van der Waals surface area (Å²) in [5.41, 5.74) is 1.29. The molecule has 0 aromatic heterocycles. The maximum Gasteiger partial charge on any atom is 0.314 e. The van der Waals surface area contributed by atoms with Gasteiger partial charge in [0.2, 0.25) is 0 Å². The lowest BCUT2D eigenvalue weighted by molar-refractivity contribution is 0.159. The topological polar surface area (TPSA) is 47.6 Å². The van der Waals surface area contributed by atoms with Gasteiger partial charge in [0.25, 0.3) is 0 Å². The largest absolute Gasteiger partial charge is 0.338 e. The number of nitrogens with one attached hydrogen (secondary N) is 2. The average Bonchev–Trinajstić information content (AvgIpc) is 2.61. The normalized spacial score (nSPS) is 18.3. The van der Waals surface area contributed by atoms with E-state index in [1.807, 2.05) is 6.07 Å². The number of piperidine rings is 1. The van der Waals surface area contributed by atoms with Crippen LogP contribution in [-0.2, 0) is 6.54 Å². The number of nitrogens with zero attached hydrogens (tertiary/aromatic N) is 2. The van der Waals surface area contributed by atoms with Gasteiger partial charge in [-0.15, -0.1) is 0 Å². The Morgan fingerprint density at radius 1 is 1.20 bits per heavy atom. The Hall–Kier alpha value is -1.59. The van der Waals surface area contributed by atoms with E-state index in [0.29, 0.717) is 12.6 Å². The van der Waals surface area contributed by atoms with Crippen LogP contribution in [0.5, 0.6) is 0 Å². The Morgan fingerprint density at radius 2 is 1.96 bits per heavy atom. The molecule has 0 aliphatic carbocycles. The second kappa shape index (κ2) is 11.1. The van der Waals surface area contributed by atoms with Crippen molar-refractivity contribution in [2.24, 2.45) is 0 Å². The lowest BCUT2D eigenvalue weighted by atomic mass is 10.0. The average molecular weight is 347 g/mol. The SMILES string of the molecule is CC1CCCCN1CCCNC(=O)NCCN(C)Cc1ccccc1. The van der Waals surface area contributed by atoms with Crippen LogP contribution in [0.15, 0.2) is 30.3 Å². The van der Waals surface area contributed by atoms with Crippen LogP contribution in [0.2, 0.25) is 0 Å². The van der Waals surface area contributed by atoms with E-state index in [9.17, 15) is 4.79 Å². The Labute approximate surface area is 152 Å². The number of likely N-dealkylation sites (tertiary alicyclic amines) is 1. The predicted molar refractivity (Wildman–Crippen MR) is 104 cm³/mol. The zero-order valence-electron chi connectivity index (χ0n) is 15.8. The molecule has 0 radical (unpaired) electrons. The van der Waals surface area contributed by atoms with Crippen molar-refractivity contribution in [2.45, 2.75) is 45.2 Å². The first-order valence-corrected chi connectivity index (χ1v) is 9.63. The molecule has 1 aliphatic heterocycles. The second-order valence-electron chi connectivity index (χ2n) is 7.14. The standard InChI is InChI=1S/C20H34N4O/c1-18-9-6-7-14-24(18)15-8-12-21-20(25)22-13-16-23(2)17-19-10-4-3-5-11-19/h3-5,10-11,18H,6-9,12-17H2,1-2H3,(H2,21,22,25). The number of hydrogen-bond acceptors (Lipinski definition) is 3. The van der Waals surface area contributed by atoms with E-state index in [0.717, 1.165) is 32.6 Å². The number of carbonyl (C=O) groups excluding carboxylic acids is 1. The van der Waals surface area contributed by atoms with E-state index in [1.54, 1.807) is 0 Å². The minimum atomic E-state index is -0.0557. The fourth-order valence-electron chi connectivity index (χ4n) is 3.37. The highest BCUT2D eigenvalue weighted by atomic mass is 16.2. The number of rotatable bonds is 9. The van der Waals surface area contributed by atoms with Crippen LogP contribution >= 0.6 is 0 Å². The second-order valence-corrected chi connectivity index (χ2v) is 7.14. The zero-order chi connectivity index (χ0) is 17.9. The zero-order valence-corrected chi connectivity index (χ0v) is 15.8. The van der Waals surface area contributed by atoms with Crippen LogP contribution in [0.3, 0.4) is 0 Å². The summed E-state index contributed by atoms with van der Waals surface area (Å²) in [6.07, 6.45) is 5.00. The first-order chi connectivity index (χ1) is 12.1. The summed E-state index contributed by atoms with van der Waals surface area (Å²) < 4.78 is 0. The summed E-state index contributed by atoms with van der Waals surface area (Å²) in [5.74, 6) is 0. The molecular formula is C20H34N4O. The summed E-state index contributed by atoms with van der Waals surface area (Å²) in [6.45, 7) is 7.76. The van der Waals surface area contributed by atoms with Gasteiger partial charge in [0.15, 0.2) is 0 Å². The molecule has 1 unspecified atom stereocenters. The quantitative estimate of drug-likeness (QED) is 0.676. The van der Waals surface area contributed by atoms with Crippen LogP contribution in [0.1, 0.15) is 38.2 Å². The third kappa shape index (κ3) is 7.88. The number of hydrogen-bond donors (Lipinski definition) is 2. The molecule has 1 aromatic carbocycles. The van der Waals surface area contributed by atoms with Gasteiger partial charge in [-0.25, -0.2) is 4.79 Å². The van der Waals surface area contributed by atoms with Crippen LogP contribution in [0.4, 0.5) is 4.79 Å². The number of urea groups is 1. The van der Waals surface area contributed by atoms with Crippen LogP contribution in [0, 0.1) is 0 Å². The third-order valence-corrected chi connectivity index (χ3v) is 4.92. The summed E-state index contributed by atoms with van der Waals surface area (Å²) in [5, 5.41) is 5.91. The van der Waals surface area contributed by atoms with Crippen molar-refractivity contribution in [3.05, 3.63) is 35.9 Å². The van der Waals surface area contributed by atoms with Gasteiger partial charge in [-0.05, 0) is 45.3 Å². The first kappa shape index (κ1) is 19.7. The molecule has 25 heavy (non-hydrogen) atoms. The number of benzene rings is 1. The van der Waals surface area contributed by atoms with E-state index < -0.39 is 0 Å². The molecule has 1 aromatic rings. The molecule has 5 heteroatoms. The van der Waals surface area contributed by atoms with Gasteiger partial charge >= 0.3 is 6.03 Å². The van der Waals surface area contributed by atoms with Crippen LogP contribution in [-0.4, -0.2) is 61.6 Å². The molecule has 140 valence electrons. The maximum atomic E-state index is 11.8. The fraction of sp³-hybridized carbons (Fsp3) is 0.650. The van der Waals surface area contributed by atoms with Gasteiger partial charge in [0.05, 0.1) is 0 Å². The number of carbonyl (C=O) groups is 1. The molecule has 5 nitrogen and oxygen atoms in total. The van der Waals surface area contributed by atoms with Crippen LogP contribution in [0.25, 0.3) is 0 Å². The molecule has 2 amide bonds. The van der Waals surface area contributed by atoms with Crippen LogP contribution < -0.4 is 10.6 Å². The Kier molecular flexibility index (Phi) is 8.77. The molecule has 1 fully saturated rings. The highest BCUT2D eigenvalue weighted by Crippen LogP contribution is 2.15. The van der Waals surface area contributed by atoms with E-state index in [4.69, 9.17) is 0 Å². The molecule has 1 aliphatic rings. The predicted octanol–water partition coefficient (Wildman–Crippen LogP) is 2.68. The minimum Gasteiger partial charge on any atom is -0.338 e. The minimum absolute atomic E-state index is 0.0557. The molecule has 1 saturated heterocycles. The smallest absolute Gasteiger partial charge is 0.314 e. The molecule has 0 bridgehead atoms. The van der Waals surface area contributed by atoms with Crippen molar-refractivity contribution in [3.63, 3.8) is 0 Å². The lowest BCUT2D eigenvalue weighted by Crippen LogP contribution is -2.42. The highest BCUT2D eigenvalue weighted by Gasteiger charge is 2.17. The summed E-state index contributed by atoms with van der Waals surface area (Å²) in [6, 6.07) is 11.0. The molecule has 2 N–H and O–H groups in total. The van der Waals surface area contributed by atoms with E-state index >= 15 is 0 Å². The first-order valence-electron chi connectivity index (χ1n) is 9.63. The van der Waals surface area contributed by atoms with Gasteiger partial charge in [-0.2, -0.15) is 0 Å². The number of amides is 2. The molecule has 2 rings (SSSR count). The summed E-state index contributed by atoms with van der Waals surface area (Å²) in [4.78, 5) is 16.6. The van der Waals surface area contributed by atoms with Crippen molar-refractivity contribution in [3.8, 4) is 0 Å². The molecule has 1 heterocycles. The van der Waals surface area contributed by atoms with E-state index in [1.165, 1.54) is 31.4 Å². The Morgan fingerprint density at radius 3 is 2.72 bits per heavy atom. The van der Waals surface area contributed by atoms with Gasteiger partial charge in [0.1, 0.15) is 0 Å². The van der Waals surface area contributed by atoms with Crippen molar-refractivity contribution < 1.29 is 4.79 Å². The number of likely N-dealkylation sites (N-methyl/N-ethyl adjacent to an activating group) is 1.